The molecule has 3 nitrogen and oxygen atoms in total. The Morgan fingerprint density at radius 3 is 2.38 bits per heavy atom. The summed E-state index contributed by atoms with van der Waals surface area (Å²) < 4.78 is 0. The molecule has 0 aliphatic carbocycles. The van der Waals surface area contributed by atoms with Crippen LogP contribution >= 0.6 is 0 Å². The highest BCUT2D eigenvalue weighted by Gasteiger charge is 2.04. The normalized spacial score (nSPS) is 10.3. The minimum Gasteiger partial charge on any atom is -0.294 e. The highest BCUT2D eigenvalue weighted by atomic mass is 16.1. The number of carbonyl (C=O) groups excluding carboxylic acids is 1. The molecule has 3 heteroatoms. The van der Waals surface area contributed by atoms with Crippen molar-refractivity contribution in [2.24, 2.45) is 0 Å². The van der Waals surface area contributed by atoms with E-state index in [1.165, 1.54) is 32.0 Å². The third-order valence-electron chi connectivity index (χ3n) is 2.64. The predicted molar refractivity (Wildman–Crippen MR) is 64.4 cm³/mol. The number of hydrogen-bond donors (Lipinski definition) is 0. The summed E-state index contributed by atoms with van der Waals surface area (Å²) in [6, 6.07) is 0. The van der Waals surface area contributed by atoms with Gasteiger partial charge in [0.25, 0.3) is 0 Å². The minimum atomic E-state index is 0.163. The summed E-state index contributed by atoms with van der Waals surface area (Å²) in [5.41, 5.74) is 0.635. The molecular weight excluding hydrogens is 200 g/mol. The van der Waals surface area contributed by atoms with Gasteiger partial charge in [-0.1, -0.05) is 39.0 Å². The Balaban J connectivity index is 2.12. The van der Waals surface area contributed by atoms with Crippen molar-refractivity contribution in [3.05, 3.63) is 24.3 Å². The number of unbranched alkanes of at least 4 members (excludes halogenated alkanes) is 5. The van der Waals surface area contributed by atoms with Gasteiger partial charge in [-0.25, -0.2) is 9.97 Å². The summed E-state index contributed by atoms with van der Waals surface area (Å²) in [6.45, 7) is 2.21. The quantitative estimate of drug-likeness (QED) is 0.498. The molecule has 0 unspecified atom stereocenters. The van der Waals surface area contributed by atoms with Crippen LogP contribution in [0.15, 0.2) is 18.7 Å². The molecule has 0 fully saturated rings. The molecule has 0 saturated heterocycles. The number of carbonyl (C=O) groups is 1. The molecular formula is C13H20N2O. The van der Waals surface area contributed by atoms with Gasteiger partial charge < -0.3 is 0 Å². The molecule has 0 spiro atoms. The lowest BCUT2D eigenvalue weighted by Gasteiger charge is -2.00. The van der Waals surface area contributed by atoms with E-state index in [0.29, 0.717) is 12.0 Å². The maximum Gasteiger partial charge on any atom is 0.165 e. The number of aromatic nitrogens is 2. The number of hydrogen-bond acceptors (Lipinski definition) is 3. The summed E-state index contributed by atoms with van der Waals surface area (Å²) in [4.78, 5) is 19.3. The van der Waals surface area contributed by atoms with Gasteiger partial charge in [0.05, 0.1) is 5.56 Å². The zero-order valence-corrected chi connectivity index (χ0v) is 9.98. The monoisotopic (exact) mass is 220 g/mol. The summed E-state index contributed by atoms with van der Waals surface area (Å²) >= 11 is 0. The molecule has 0 bridgehead atoms. The minimum absolute atomic E-state index is 0.163. The lowest BCUT2D eigenvalue weighted by molar-refractivity contribution is 0.0978. The van der Waals surface area contributed by atoms with E-state index in [-0.39, 0.29) is 5.78 Å². The Morgan fingerprint density at radius 1 is 1.06 bits per heavy atom. The van der Waals surface area contributed by atoms with E-state index in [0.717, 1.165) is 12.8 Å². The molecule has 88 valence electrons. The van der Waals surface area contributed by atoms with Crippen molar-refractivity contribution in [2.45, 2.75) is 51.9 Å². The second-order valence-corrected chi connectivity index (χ2v) is 4.07. The van der Waals surface area contributed by atoms with Crippen molar-refractivity contribution in [3.8, 4) is 0 Å². The van der Waals surface area contributed by atoms with Crippen LogP contribution in [0.3, 0.4) is 0 Å². The second kappa shape index (κ2) is 7.97. The van der Waals surface area contributed by atoms with Crippen molar-refractivity contribution in [1.29, 1.82) is 0 Å². The average molecular weight is 220 g/mol. The third-order valence-corrected chi connectivity index (χ3v) is 2.64. The first-order chi connectivity index (χ1) is 7.84. The SMILES string of the molecule is CCCCCCCCC(=O)c1cncnc1. The van der Waals surface area contributed by atoms with Crippen LogP contribution in [0.4, 0.5) is 0 Å². The van der Waals surface area contributed by atoms with E-state index in [9.17, 15) is 4.79 Å². The van der Waals surface area contributed by atoms with Crippen molar-refractivity contribution in [1.82, 2.24) is 9.97 Å². The number of rotatable bonds is 8. The van der Waals surface area contributed by atoms with E-state index in [4.69, 9.17) is 0 Å². The van der Waals surface area contributed by atoms with Crippen molar-refractivity contribution >= 4 is 5.78 Å². The van der Waals surface area contributed by atoms with Crippen LogP contribution in [-0.2, 0) is 0 Å². The van der Waals surface area contributed by atoms with E-state index < -0.39 is 0 Å². The standard InChI is InChI=1S/C13H20N2O/c1-2-3-4-5-6-7-8-13(16)12-9-14-11-15-10-12/h9-11H,2-8H2,1H3. The third kappa shape index (κ3) is 5.01. The fourth-order valence-corrected chi connectivity index (χ4v) is 1.65. The highest BCUT2D eigenvalue weighted by molar-refractivity contribution is 5.95. The lowest BCUT2D eigenvalue weighted by Crippen LogP contribution is -2.00. The molecule has 0 N–H and O–H groups in total. The van der Waals surface area contributed by atoms with E-state index in [2.05, 4.69) is 16.9 Å². The highest BCUT2D eigenvalue weighted by Crippen LogP contribution is 2.09. The van der Waals surface area contributed by atoms with Crippen LogP contribution in [0.2, 0.25) is 0 Å². The van der Waals surface area contributed by atoms with Gasteiger partial charge in [-0.2, -0.15) is 0 Å². The topological polar surface area (TPSA) is 42.9 Å². The smallest absolute Gasteiger partial charge is 0.165 e. The molecule has 0 amide bonds. The number of Topliss-reactive ketones (excluding diaryl/α,β-unsaturated/α-hetero) is 1. The fraction of sp³-hybridized carbons (Fsp3) is 0.615. The fourth-order valence-electron chi connectivity index (χ4n) is 1.65. The summed E-state index contributed by atoms with van der Waals surface area (Å²) in [5, 5.41) is 0. The molecule has 1 aromatic heterocycles. The maximum atomic E-state index is 11.7. The zero-order valence-electron chi connectivity index (χ0n) is 9.98. The molecule has 16 heavy (non-hydrogen) atoms. The Bertz CT molecular complexity index is 298. The molecule has 0 aliphatic rings. The Labute approximate surface area is 97.3 Å². The maximum absolute atomic E-state index is 11.7. The molecule has 1 aromatic rings. The first kappa shape index (κ1) is 12.8. The van der Waals surface area contributed by atoms with Crippen LogP contribution in [0, 0.1) is 0 Å². The Hall–Kier alpha value is -1.25. The van der Waals surface area contributed by atoms with Gasteiger partial charge in [-0.05, 0) is 6.42 Å². The number of ketones is 1. The largest absolute Gasteiger partial charge is 0.294 e. The summed E-state index contributed by atoms with van der Waals surface area (Å²) in [5.74, 6) is 0.163. The molecule has 0 atom stereocenters. The molecule has 1 rings (SSSR count). The van der Waals surface area contributed by atoms with Crippen molar-refractivity contribution in [2.75, 3.05) is 0 Å². The average Bonchev–Trinajstić information content (AvgIpc) is 2.34. The first-order valence-electron chi connectivity index (χ1n) is 6.12. The van der Waals surface area contributed by atoms with E-state index in [1.807, 2.05) is 0 Å². The molecule has 0 saturated carbocycles. The first-order valence-corrected chi connectivity index (χ1v) is 6.12. The van der Waals surface area contributed by atoms with Gasteiger partial charge in [0.15, 0.2) is 5.78 Å². The van der Waals surface area contributed by atoms with Crippen LogP contribution in [0.5, 0.6) is 0 Å². The van der Waals surface area contributed by atoms with Gasteiger partial charge in [-0.15, -0.1) is 0 Å². The van der Waals surface area contributed by atoms with Crippen molar-refractivity contribution < 1.29 is 4.79 Å². The summed E-state index contributed by atoms with van der Waals surface area (Å²) in [7, 11) is 0. The van der Waals surface area contributed by atoms with Crippen LogP contribution in [0.1, 0.15) is 62.2 Å². The summed E-state index contributed by atoms with van der Waals surface area (Å²) in [6.07, 6.45) is 12.5. The Kier molecular flexibility index (Phi) is 6.38. The number of nitrogens with zero attached hydrogens (tertiary/aromatic N) is 2. The molecule has 0 aromatic carbocycles. The zero-order chi connectivity index (χ0) is 11.6. The molecule has 1 heterocycles. The predicted octanol–water partition coefficient (Wildman–Crippen LogP) is 3.41. The van der Waals surface area contributed by atoms with Gasteiger partial charge in [0.2, 0.25) is 0 Å². The molecule has 0 radical (unpaired) electrons. The van der Waals surface area contributed by atoms with E-state index >= 15 is 0 Å². The second-order valence-electron chi connectivity index (χ2n) is 4.07. The molecule has 0 aliphatic heterocycles. The van der Waals surface area contributed by atoms with Crippen LogP contribution < -0.4 is 0 Å². The lowest BCUT2D eigenvalue weighted by atomic mass is 10.1. The van der Waals surface area contributed by atoms with Gasteiger partial charge in [0.1, 0.15) is 6.33 Å². The van der Waals surface area contributed by atoms with Crippen LogP contribution in [0.25, 0.3) is 0 Å². The van der Waals surface area contributed by atoms with E-state index in [1.54, 1.807) is 12.4 Å². The van der Waals surface area contributed by atoms with Crippen molar-refractivity contribution in [3.63, 3.8) is 0 Å². The van der Waals surface area contributed by atoms with Gasteiger partial charge in [0, 0.05) is 18.8 Å². The van der Waals surface area contributed by atoms with Gasteiger partial charge in [-0.3, -0.25) is 4.79 Å². The van der Waals surface area contributed by atoms with Gasteiger partial charge >= 0.3 is 0 Å². The Morgan fingerprint density at radius 2 is 1.69 bits per heavy atom. The van der Waals surface area contributed by atoms with Crippen LogP contribution in [-0.4, -0.2) is 15.8 Å².